The molecule has 65 valence electrons. The Bertz CT molecular complexity index is 437. The minimum absolute atomic E-state index is 0.721. The maximum Gasteiger partial charge on any atom is 0.150 e. The van der Waals surface area contributed by atoms with E-state index in [0.717, 1.165) is 22.2 Å². The van der Waals surface area contributed by atoms with E-state index in [1.54, 1.807) is 7.11 Å². The zero-order valence-electron chi connectivity index (χ0n) is 7.66. The lowest BCUT2D eigenvalue weighted by Crippen LogP contribution is -1.90. The SMILES string of the molecule is COc1[c]nc2ccccc2c1C. The van der Waals surface area contributed by atoms with Crippen molar-refractivity contribution in [2.45, 2.75) is 6.92 Å². The van der Waals surface area contributed by atoms with Gasteiger partial charge in [0.05, 0.1) is 12.6 Å². The molecule has 0 N–H and O–H groups in total. The van der Waals surface area contributed by atoms with E-state index in [0.29, 0.717) is 0 Å². The van der Waals surface area contributed by atoms with Gasteiger partial charge in [-0.3, -0.25) is 0 Å². The fourth-order valence-corrected chi connectivity index (χ4v) is 1.40. The van der Waals surface area contributed by atoms with E-state index in [4.69, 9.17) is 4.74 Å². The molecule has 1 heterocycles. The summed E-state index contributed by atoms with van der Waals surface area (Å²) < 4.78 is 5.14. The standard InChI is InChI=1S/C11H10NO/c1-8-9-5-3-4-6-10(9)12-7-11(8)13-2/h3-6H,1-2H3. The minimum atomic E-state index is 0.721. The van der Waals surface area contributed by atoms with Crippen LogP contribution in [0.25, 0.3) is 10.9 Å². The molecule has 2 heteroatoms. The van der Waals surface area contributed by atoms with E-state index in [9.17, 15) is 0 Å². The average molecular weight is 172 g/mol. The van der Waals surface area contributed by atoms with Crippen molar-refractivity contribution in [3.63, 3.8) is 0 Å². The number of aryl methyl sites for hydroxylation is 1. The third kappa shape index (κ3) is 1.24. The van der Waals surface area contributed by atoms with Gasteiger partial charge in [-0.1, -0.05) is 18.2 Å². The lowest BCUT2D eigenvalue weighted by molar-refractivity contribution is 0.409. The number of para-hydroxylation sites is 1. The number of benzene rings is 1. The van der Waals surface area contributed by atoms with Crippen LogP contribution in [0.3, 0.4) is 0 Å². The van der Waals surface area contributed by atoms with Crippen molar-refractivity contribution >= 4 is 10.9 Å². The highest BCUT2D eigenvalue weighted by Crippen LogP contribution is 2.23. The van der Waals surface area contributed by atoms with Crippen molar-refractivity contribution in [1.82, 2.24) is 4.98 Å². The van der Waals surface area contributed by atoms with E-state index in [2.05, 4.69) is 11.2 Å². The van der Waals surface area contributed by atoms with Crippen LogP contribution in [0, 0.1) is 13.1 Å². The number of rotatable bonds is 1. The first-order valence-corrected chi connectivity index (χ1v) is 4.14. The Labute approximate surface area is 77.2 Å². The van der Waals surface area contributed by atoms with Crippen LogP contribution in [0.5, 0.6) is 5.75 Å². The second kappa shape index (κ2) is 3.05. The van der Waals surface area contributed by atoms with Crippen LogP contribution in [-0.4, -0.2) is 12.1 Å². The molecule has 0 saturated carbocycles. The zero-order chi connectivity index (χ0) is 9.26. The van der Waals surface area contributed by atoms with Crippen molar-refractivity contribution < 1.29 is 4.74 Å². The maximum absolute atomic E-state index is 5.14. The number of hydrogen-bond acceptors (Lipinski definition) is 2. The molecule has 0 saturated heterocycles. The molecule has 2 aromatic rings. The molecule has 1 aromatic heterocycles. The number of fused-ring (bicyclic) bond motifs is 1. The van der Waals surface area contributed by atoms with Crippen LogP contribution < -0.4 is 4.74 Å². The predicted molar refractivity (Wildman–Crippen MR) is 51.9 cm³/mol. The second-order valence-electron chi connectivity index (χ2n) is 2.90. The molecule has 1 radical (unpaired) electrons. The molecule has 0 fully saturated rings. The summed E-state index contributed by atoms with van der Waals surface area (Å²) in [5.74, 6) is 0.721. The maximum atomic E-state index is 5.14. The molecule has 0 bridgehead atoms. The molecule has 0 aliphatic rings. The molecular formula is C11H10NO. The molecule has 0 spiro atoms. The smallest absolute Gasteiger partial charge is 0.150 e. The van der Waals surface area contributed by atoms with Gasteiger partial charge >= 0.3 is 0 Å². The van der Waals surface area contributed by atoms with Gasteiger partial charge in [0.15, 0.2) is 0 Å². The van der Waals surface area contributed by atoms with Crippen LogP contribution in [0.2, 0.25) is 0 Å². The highest BCUT2D eigenvalue weighted by atomic mass is 16.5. The molecule has 2 rings (SSSR count). The van der Waals surface area contributed by atoms with Gasteiger partial charge in [0.1, 0.15) is 11.9 Å². The van der Waals surface area contributed by atoms with Crippen molar-refractivity contribution in [3.05, 3.63) is 36.0 Å². The first kappa shape index (κ1) is 8.05. The first-order valence-electron chi connectivity index (χ1n) is 4.14. The largest absolute Gasteiger partial charge is 0.494 e. The van der Waals surface area contributed by atoms with E-state index >= 15 is 0 Å². The van der Waals surface area contributed by atoms with Gasteiger partial charge in [0.25, 0.3) is 0 Å². The van der Waals surface area contributed by atoms with Crippen molar-refractivity contribution in [3.8, 4) is 5.75 Å². The molecule has 0 aliphatic carbocycles. The van der Waals surface area contributed by atoms with Gasteiger partial charge in [-0.25, -0.2) is 4.98 Å². The molecule has 0 aliphatic heterocycles. The zero-order valence-corrected chi connectivity index (χ0v) is 7.66. The van der Waals surface area contributed by atoms with Crippen LogP contribution in [0.15, 0.2) is 24.3 Å². The number of methoxy groups -OCH3 is 1. The second-order valence-corrected chi connectivity index (χ2v) is 2.90. The van der Waals surface area contributed by atoms with Crippen LogP contribution >= 0.6 is 0 Å². The third-order valence-corrected chi connectivity index (χ3v) is 2.13. The fraction of sp³-hybridized carbons (Fsp3) is 0.182. The summed E-state index contributed by atoms with van der Waals surface area (Å²) in [7, 11) is 1.63. The lowest BCUT2D eigenvalue weighted by atomic mass is 10.1. The molecular weight excluding hydrogens is 162 g/mol. The molecule has 1 aromatic carbocycles. The van der Waals surface area contributed by atoms with Crippen molar-refractivity contribution in [2.24, 2.45) is 0 Å². The van der Waals surface area contributed by atoms with Gasteiger partial charge < -0.3 is 4.74 Å². The summed E-state index contributed by atoms with van der Waals surface area (Å²) in [5, 5.41) is 1.12. The summed E-state index contributed by atoms with van der Waals surface area (Å²) >= 11 is 0. The van der Waals surface area contributed by atoms with Gasteiger partial charge in [-0.15, -0.1) is 0 Å². The number of ether oxygens (including phenoxy) is 1. The Morgan fingerprint density at radius 1 is 1.31 bits per heavy atom. The Morgan fingerprint density at radius 3 is 2.85 bits per heavy atom. The summed E-state index contributed by atoms with van der Waals surface area (Å²) in [5.41, 5.74) is 2.05. The highest BCUT2D eigenvalue weighted by Gasteiger charge is 2.03. The van der Waals surface area contributed by atoms with Gasteiger partial charge in [-0.05, 0) is 13.0 Å². The Hall–Kier alpha value is -1.57. The Balaban J connectivity index is 2.79. The van der Waals surface area contributed by atoms with Gasteiger partial charge in [0.2, 0.25) is 0 Å². The predicted octanol–water partition coefficient (Wildman–Crippen LogP) is 2.35. The number of hydrogen-bond donors (Lipinski definition) is 0. The van der Waals surface area contributed by atoms with Crippen LogP contribution in [0.1, 0.15) is 5.56 Å². The molecule has 13 heavy (non-hydrogen) atoms. The topological polar surface area (TPSA) is 22.1 Å². The van der Waals surface area contributed by atoms with E-state index < -0.39 is 0 Å². The first-order chi connectivity index (χ1) is 6.33. The van der Waals surface area contributed by atoms with E-state index in [1.807, 2.05) is 31.2 Å². The lowest BCUT2D eigenvalue weighted by Gasteiger charge is -2.05. The monoisotopic (exact) mass is 172 g/mol. The third-order valence-electron chi connectivity index (χ3n) is 2.13. The number of aromatic nitrogens is 1. The number of nitrogens with zero attached hydrogens (tertiary/aromatic N) is 1. The van der Waals surface area contributed by atoms with Crippen molar-refractivity contribution in [2.75, 3.05) is 7.11 Å². The minimum Gasteiger partial charge on any atom is -0.494 e. The summed E-state index contributed by atoms with van der Waals surface area (Å²) in [6, 6.07) is 7.97. The Kier molecular flexibility index (Phi) is 1.89. The van der Waals surface area contributed by atoms with Gasteiger partial charge in [0, 0.05) is 10.9 Å². The van der Waals surface area contributed by atoms with Crippen LogP contribution in [0.4, 0.5) is 0 Å². The molecule has 0 atom stereocenters. The fourth-order valence-electron chi connectivity index (χ4n) is 1.40. The molecule has 2 nitrogen and oxygen atoms in total. The average Bonchev–Trinajstić information content (AvgIpc) is 2.19. The number of pyridine rings is 1. The van der Waals surface area contributed by atoms with E-state index in [1.165, 1.54) is 0 Å². The highest BCUT2D eigenvalue weighted by molar-refractivity contribution is 5.83. The van der Waals surface area contributed by atoms with Crippen molar-refractivity contribution in [1.29, 1.82) is 0 Å². The summed E-state index contributed by atoms with van der Waals surface area (Å²) in [6.45, 7) is 2.01. The van der Waals surface area contributed by atoms with E-state index in [-0.39, 0.29) is 0 Å². The Morgan fingerprint density at radius 2 is 2.08 bits per heavy atom. The van der Waals surface area contributed by atoms with Gasteiger partial charge in [-0.2, -0.15) is 0 Å². The molecule has 0 unspecified atom stereocenters. The normalized spacial score (nSPS) is 10.3. The summed E-state index contributed by atoms with van der Waals surface area (Å²) in [6.07, 6.45) is 2.86. The van der Waals surface area contributed by atoms with Crippen LogP contribution in [-0.2, 0) is 0 Å². The summed E-state index contributed by atoms with van der Waals surface area (Å²) in [4.78, 5) is 4.16. The quantitative estimate of drug-likeness (QED) is 0.658. The molecule has 0 amide bonds.